The first-order valence-corrected chi connectivity index (χ1v) is 8.49. The highest BCUT2D eigenvalue weighted by Gasteiger charge is 2.26. The van der Waals surface area contributed by atoms with Gasteiger partial charge in [0.25, 0.3) is 0 Å². The molecule has 2 aromatic carbocycles. The Morgan fingerprint density at radius 2 is 1.68 bits per heavy atom. The lowest BCUT2D eigenvalue weighted by atomic mass is 9.97. The van der Waals surface area contributed by atoms with Gasteiger partial charge in [-0.3, -0.25) is 4.90 Å². The van der Waals surface area contributed by atoms with Gasteiger partial charge in [-0.1, -0.05) is 42.5 Å². The van der Waals surface area contributed by atoms with Gasteiger partial charge in [0, 0.05) is 31.2 Å². The average Bonchev–Trinajstić information content (AvgIpc) is 2.52. The van der Waals surface area contributed by atoms with Crippen LogP contribution in [0, 0.1) is 0 Å². The molecule has 0 aromatic heterocycles. The minimum atomic E-state index is 0.306. The first-order chi connectivity index (χ1) is 10.5. The van der Waals surface area contributed by atoms with E-state index in [1.54, 1.807) is 0 Å². The van der Waals surface area contributed by atoms with Crippen LogP contribution in [-0.2, 0) is 6.54 Å². The second-order valence-electron chi connectivity index (χ2n) is 7.45. The second-order valence-corrected chi connectivity index (χ2v) is 7.45. The predicted molar refractivity (Wildman–Crippen MR) is 95.1 cm³/mol. The lowest BCUT2D eigenvalue weighted by Crippen LogP contribution is -2.49. The molecule has 2 aromatic rings. The van der Waals surface area contributed by atoms with E-state index in [4.69, 9.17) is 0 Å². The lowest BCUT2D eigenvalue weighted by molar-refractivity contribution is 0.0960. The number of benzene rings is 2. The van der Waals surface area contributed by atoms with E-state index in [0.29, 0.717) is 11.6 Å². The standard InChI is InChI=1S/C20H28N2/c1-20(2,3)22-13-11-18(12-14-22)21-15-17-9-6-8-16-7-4-5-10-19(16)17/h4-10,18,21H,11-15H2,1-3H3. The minimum absolute atomic E-state index is 0.306. The number of nitrogens with one attached hydrogen (secondary N) is 1. The number of rotatable bonds is 3. The Labute approximate surface area is 134 Å². The molecular formula is C20H28N2. The van der Waals surface area contributed by atoms with Crippen molar-refractivity contribution < 1.29 is 0 Å². The van der Waals surface area contributed by atoms with Crippen molar-refractivity contribution in [3.05, 3.63) is 48.0 Å². The Hall–Kier alpha value is -1.38. The molecule has 1 fully saturated rings. The number of fused-ring (bicyclic) bond motifs is 1. The average molecular weight is 296 g/mol. The van der Waals surface area contributed by atoms with Crippen molar-refractivity contribution in [3.8, 4) is 0 Å². The molecule has 1 saturated heterocycles. The summed E-state index contributed by atoms with van der Waals surface area (Å²) in [5, 5.41) is 6.49. The first-order valence-electron chi connectivity index (χ1n) is 8.49. The summed E-state index contributed by atoms with van der Waals surface area (Å²) in [5.74, 6) is 0. The number of nitrogens with zero attached hydrogens (tertiary/aromatic N) is 1. The normalized spacial score (nSPS) is 18.0. The van der Waals surface area contributed by atoms with Crippen LogP contribution in [-0.4, -0.2) is 29.6 Å². The molecular weight excluding hydrogens is 268 g/mol. The highest BCUT2D eigenvalue weighted by molar-refractivity contribution is 5.85. The molecule has 0 unspecified atom stereocenters. The van der Waals surface area contributed by atoms with Crippen molar-refractivity contribution in [3.63, 3.8) is 0 Å². The fourth-order valence-corrected chi connectivity index (χ4v) is 3.46. The fourth-order valence-electron chi connectivity index (χ4n) is 3.46. The number of hydrogen-bond acceptors (Lipinski definition) is 2. The zero-order valence-corrected chi connectivity index (χ0v) is 14.1. The van der Waals surface area contributed by atoms with Gasteiger partial charge >= 0.3 is 0 Å². The molecule has 22 heavy (non-hydrogen) atoms. The summed E-state index contributed by atoms with van der Waals surface area (Å²) in [7, 11) is 0. The molecule has 0 spiro atoms. The molecule has 0 saturated carbocycles. The van der Waals surface area contributed by atoms with Gasteiger partial charge in [-0.2, -0.15) is 0 Å². The molecule has 1 heterocycles. The Morgan fingerprint density at radius 1 is 1.00 bits per heavy atom. The summed E-state index contributed by atoms with van der Waals surface area (Å²) in [6.07, 6.45) is 2.50. The summed E-state index contributed by atoms with van der Waals surface area (Å²) in [4.78, 5) is 2.60. The number of likely N-dealkylation sites (tertiary alicyclic amines) is 1. The van der Waals surface area contributed by atoms with Crippen LogP contribution in [0.3, 0.4) is 0 Å². The van der Waals surface area contributed by atoms with Crippen molar-refractivity contribution >= 4 is 10.8 Å². The molecule has 3 rings (SSSR count). The summed E-state index contributed by atoms with van der Waals surface area (Å²) in [6.45, 7) is 10.3. The lowest BCUT2D eigenvalue weighted by Gasteiger charge is -2.41. The second kappa shape index (κ2) is 6.39. The van der Waals surface area contributed by atoms with E-state index >= 15 is 0 Å². The van der Waals surface area contributed by atoms with Gasteiger partial charge < -0.3 is 5.32 Å². The third-order valence-corrected chi connectivity index (χ3v) is 4.90. The highest BCUT2D eigenvalue weighted by Crippen LogP contribution is 2.22. The van der Waals surface area contributed by atoms with Crippen molar-refractivity contribution in [2.45, 2.75) is 51.7 Å². The topological polar surface area (TPSA) is 15.3 Å². The molecule has 1 aliphatic heterocycles. The van der Waals surface area contributed by atoms with Gasteiger partial charge in [0.05, 0.1) is 0 Å². The minimum Gasteiger partial charge on any atom is -0.310 e. The van der Waals surface area contributed by atoms with E-state index < -0.39 is 0 Å². The summed E-state index contributed by atoms with van der Waals surface area (Å²) in [6, 6.07) is 15.9. The Morgan fingerprint density at radius 3 is 2.41 bits per heavy atom. The molecule has 118 valence electrons. The van der Waals surface area contributed by atoms with E-state index in [-0.39, 0.29) is 0 Å². The molecule has 0 aliphatic carbocycles. The van der Waals surface area contributed by atoms with E-state index in [1.807, 2.05) is 0 Å². The van der Waals surface area contributed by atoms with Crippen LogP contribution < -0.4 is 5.32 Å². The van der Waals surface area contributed by atoms with E-state index in [0.717, 1.165) is 6.54 Å². The molecule has 0 radical (unpaired) electrons. The Balaban J connectivity index is 1.59. The summed E-state index contributed by atoms with van der Waals surface area (Å²) in [5.41, 5.74) is 1.72. The maximum Gasteiger partial charge on any atom is 0.0214 e. The van der Waals surface area contributed by atoms with E-state index in [9.17, 15) is 0 Å². The van der Waals surface area contributed by atoms with Crippen LogP contribution in [0.15, 0.2) is 42.5 Å². The zero-order valence-electron chi connectivity index (χ0n) is 14.1. The van der Waals surface area contributed by atoms with E-state index in [1.165, 1.54) is 42.3 Å². The molecule has 0 amide bonds. The van der Waals surface area contributed by atoms with Crippen LogP contribution in [0.25, 0.3) is 10.8 Å². The van der Waals surface area contributed by atoms with Crippen LogP contribution in [0.4, 0.5) is 0 Å². The highest BCUT2D eigenvalue weighted by atomic mass is 15.2. The predicted octanol–water partition coefficient (Wildman–Crippen LogP) is 4.19. The van der Waals surface area contributed by atoms with Crippen molar-refractivity contribution in [1.82, 2.24) is 10.2 Å². The molecule has 0 bridgehead atoms. The van der Waals surface area contributed by atoms with Gasteiger partial charge in [-0.15, -0.1) is 0 Å². The SMILES string of the molecule is CC(C)(C)N1CCC(NCc2cccc3ccccc23)CC1. The fraction of sp³-hybridized carbons (Fsp3) is 0.500. The number of piperidine rings is 1. The Kier molecular flexibility index (Phi) is 4.51. The van der Waals surface area contributed by atoms with Crippen LogP contribution >= 0.6 is 0 Å². The van der Waals surface area contributed by atoms with Gasteiger partial charge in [-0.05, 0) is 49.9 Å². The third kappa shape index (κ3) is 3.50. The summed E-state index contributed by atoms with van der Waals surface area (Å²) >= 11 is 0. The maximum absolute atomic E-state index is 3.78. The quantitative estimate of drug-likeness (QED) is 0.913. The van der Waals surface area contributed by atoms with Gasteiger partial charge in [0.15, 0.2) is 0 Å². The Bertz CT molecular complexity index is 614. The smallest absolute Gasteiger partial charge is 0.0214 e. The van der Waals surface area contributed by atoms with Crippen molar-refractivity contribution in [2.75, 3.05) is 13.1 Å². The van der Waals surface area contributed by atoms with Gasteiger partial charge in [-0.25, -0.2) is 0 Å². The summed E-state index contributed by atoms with van der Waals surface area (Å²) < 4.78 is 0. The van der Waals surface area contributed by atoms with Gasteiger partial charge in [0.2, 0.25) is 0 Å². The molecule has 2 nitrogen and oxygen atoms in total. The van der Waals surface area contributed by atoms with Crippen LogP contribution in [0.5, 0.6) is 0 Å². The zero-order chi connectivity index (χ0) is 15.6. The monoisotopic (exact) mass is 296 g/mol. The molecule has 1 N–H and O–H groups in total. The maximum atomic E-state index is 3.78. The number of hydrogen-bond donors (Lipinski definition) is 1. The largest absolute Gasteiger partial charge is 0.310 e. The molecule has 2 heteroatoms. The first kappa shape index (κ1) is 15.5. The van der Waals surface area contributed by atoms with Crippen molar-refractivity contribution in [1.29, 1.82) is 0 Å². The molecule has 0 atom stereocenters. The third-order valence-electron chi connectivity index (χ3n) is 4.90. The van der Waals surface area contributed by atoms with E-state index in [2.05, 4.69) is 73.5 Å². The van der Waals surface area contributed by atoms with Crippen molar-refractivity contribution in [2.24, 2.45) is 0 Å². The van der Waals surface area contributed by atoms with Crippen LogP contribution in [0.1, 0.15) is 39.2 Å². The van der Waals surface area contributed by atoms with Crippen LogP contribution in [0.2, 0.25) is 0 Å². The van der Waals surface area contributed by atoms with Gasteiger partial charge in [0.1, 0.15) is 0 Å². The molecule has 1 aliphatic rings.